The van der Waals surface area contributed by atoms with Crippen molar-refractivity contribution in [2.75, 3.05) is 18.4 Å². The van der Waals surface area contributed by atoms with E-state index < -0.39 is 11.0 Å². The van der Waals surface area contributed by atoms with Gasteiger partial charge in [-0.1, -0.05) is 32.9 Å². The number of carbonyl (C=O) groups is 3. The van der Waals surface area contributed by atoms with Gasteiger partial charge in [0, 0.05) is 18.5 Å². The maximum Gasteiger partial charge on any atom is 0.410 e. The van der Waals surface area contributed by atoms with Crippen molar-refractivity contribution in [3.63, 3.8) is 0 Å². The number of carbonyl (C=O) groups excluding carboxylic acids is 3. The molecule has 2 N–H and O–H groups in total. The summed E-state index contributed by atoms with van der Waals surface area (Å²) in [5, 5.41) is 5.73. The summed E-state index contributed by atoms with van der Waals surface area (Å²) in [6, 6.07) is 6.81. The Morgan fingerprint density at radius 3 is 2.38 bits per heavy atom. The van der Waals surface area contributed by atoms with Crippen LogP contribution < -0.4 is 10.6 Å². The Labute approximate surface area is 173 Å². The van der Waals surface area contributed by atoms with E-state index in [-0.39, 0.29) is 23.9 Å². The Morgan fingerprint density at radius 1 is 1.10 bits per heavy atom. The van der Waals surface area contributed by atoms with Crippen molar-refractivity contribution in [1.82, 2.24) is 10.2 Å². The average molecular weight is 404 g/mol. The molecule has 1 aromatic rings. The number of amides is 3. The van der Waals surface area contributed by atoms with Crippen molar-refractivity contribution in [1.29, 1.82) is 0 Å². The second kappa shape index (κ2) is 8.84. The van der Waals surface area contributed by atoms with E-state index in [0.29, 0.717) is 24.3 Å². The van der Waals surface area contributed by atoms with Crippen LogP contribution >= 0.6 is 0 Å². The molecule has 7 heteroatoms. The molecule has 29 heavy (non-hydrogen) atoms. The number of ether oxygens (including phenoxy) is 1. The van der Waals surface area contributed by atoms with Gasteiger partial charge in [-0.2, -0.15) is 0 Å². The molecule has 1 saturated heterocycles. The maximum absolute atomic E-state index is 12.8. The first kappa shape index (κ1) is 22.7. The van der Waals surface area contributed by atoms with Gasteiger partial charge in [0.2, 0.25) is 5.91 Å². The molecule has 0 radical (unpaired) electrons. The van der Waals surface area contributed by atoms with Gasteiger partial charge in [0.25, 0.3) is 5.91 Å². The topological polar surface area (TPSA) is 87.7 Å². The molecule has 1 unspecified atom stereocenters. The third kappa shape index (κ3) is 6.48. The highest BCUT2D eigenvalue weighted by atomic mass is 16.6. The Balaban J connectivity index is 2.02. The Hall–Kier alpha value is -2.57. The molecule has 1 heterocycles. The number of rotatable bonds is 4. The van der Waals surface area contributed by atoms with Gasteiger partial charge < -0.3 is 20.3 Å². The van der Waals surface area contributed by atoms with Gasteiger partial charge >= 0.3 is 6.09 Å². The second-order valence-electron chi connectivity index (χ2n) is 9.43. The molecule has 1 aliphatic rings. The zero-order valence-corrected chi connectivity index (χ0v) is 18.3. The minimum Gasteiger partial charge on any atom is -0.444 e. The molecule has 0 saturated carbocycles. The highest BCUT2D eigenvalue weighted by molar-refractivity contribution is 6.04. The lowest BCUT2D eigenvalue weighted by molar-refractivity contribution is -0.123. The van der Waals surface area contributed by atoms with Crippen molar-refractivity contribution < 1.29 is 19.1 Å². The standard InChI is InChI=1S/C22H33N3O4/c1-21(2,3)19(27)24-17-12-8-7-11-16(17)18(26)23-14-15-10-9-13-25(15)20(28)29-22(4,5)6/h7-8,11-12,15H,9-10,13-14H2,1-6H3,(H,23,26)(H,24,27). The van der Waals surface area contributed by atoms with Crippen LogP contribution in [0.15, 0.2) is 24.3 Å². The average Bonchev–Trinajstić information content (AvgIpc) is 3.06. The van der Waals surface area contributed by atoms with Crippen LogP contribution in [0.2, 0.25) is 0 Å². The summed E-state index contributed by atoms with van der Waals surface area (Å²) in [4.78, 5) is 39.1. The van der Waals surface area contributed by atoms with E-state index in [1.54, 1.807) is 29.2 Å². The summed E-state index contributed by atoms with van der Waals surface area (Å²) in [6.45, 7) is 11.9. The number of hydrogen-bond acceptors (Lipinski definition) is 4. The van der Waals surface area contributed by atoms with E-state index in [1.165, 1.54) is 0 Å². The molecule has 3 amide bonds. The zero-order chi connectivity index (χ0) is 21.8. The number of para-hydroxylation sites is 1. The Morgan fingerprint density at radius 2 is 1.76 bits per heavy atom. The summed E-state index contributed by atoms with van der Waals surface area (Å²) >= 11 is 0. The molecule has 7 nitrogen and oxygen atoms in total. The molecule has 0 spiro atoms. The largest absolute Gasteiger partial charge is 0.444 e. The summed E-state index contributed by atoms with van der Waals surface area (Å²) < 4.78 is 5.46. The van der Waals surface area contributed by atoms with Gasteiger partial charge in [-0.15, -0.1) is 0 Å². The highest BCUT2D eigenvalue weighted by Gasteiger charge is 2.32. The summed E-state index contributed by atoms with van der Waals surface area (Å²) in [5.74, 6) is -0.449. The lowest BCUT2D eigenvalue weighted by atomic mass is 9.95. The van der Waals surface area contributed by atoms with Crippen LogP contribution in [0.3, 0.4) is 0 Å². The van der Waals surface area contributed by atoms with Gasteiger partial charge in [-0.3, -0.25) is 9.59 Å². The number of likely N-dealkylation sites (tertiary alicyclic amines) is 1. The van der Waals surface area contributed by atoms with Crippen molar-refractivity contribution in [2.45, 2.75) is 66.0 Å². The molecular weight excluding hydrogens is 370 g/mol. The van der Waals surface area contributed by atoms with Crippen LogP contribution in [0.4, 0.5) is 10.5 Å². The minimum atomic E-state index is -0.568. The first-order valence-corrected chi connectivity index (χ1v) is 10.1. The van der Waals surface area contributed by atoms with Crippen LogP contribution in [0, 0.1) is 5.41 Å². The summed E-state index contributed by atoms with van der Waals surface area (Å²) in [7, 11) is 0. The second-order valence-corrected chi connectivity index (χ2v) is 9.43. The SMILES string of the molecule is CC(C)(C)OC(=O)N1CCCC1CNC(=O)c1ccccc1NC(=O)C(C)(C)C. The summed E-state index contributed by atoms with van der Waals surface area (Å²) in [5.41, 5.74) is -0.258. The van der Waals surface area contributed by atoms with Crippen LogP contribution in [0.5, 0.6) is 0 Å². The van der Waals surface area contributed by atoms with Crippen LogP contribution in [0.1, 0.15) is 64.7 Å². The predicted molar refractivity (Wildman–Crippen MR) is 113 cm³/mol. The molecule has 1 atom stereocenters. The molecule has 0 aromatic heterocycles. The normalized spacial score (nSPS) is 17.0. The van der Waals surface area contributed by atoms with Crippen LogP contribution in [-0.2, 0) is 9.53 Å². The number of nitrogens with one attached hydrogen (secondary N) is 2. The molecule has 1 aliphatic heterocycles. The van der Waals surface area contributed by atoms with Crippen LogP contribution in [-0.4, -0.2) is 47.5 Å². The molecule has 1 aromatic carbocycles. The third-order valence-corrected chi connectivity index (χ3v) is 4.60. The highest BCUT2D eigenvalue weighted by Crippen LogP contribution is 2.22. The monoisotopic (exact) mass is 403 g/mol. The quantitative estimate of drug-likeness (QED) is 0.800. The first-order valence-electron chi connectivity index (χ1n) is 10.1. The van der Waals surface area contributed by atoms with E-state index in [9.17, 15) is 14.4 Å². The lowest BCUT2D eigenvalue weighted by Crippen LogP contribution is -2.45. The van der Waals surface area contributed by atoms with Crippen molar-refractivity contribution >= 4 is 23.6 Å². The number of nitrogens with zero attached hydrogens (tertiary/aromatic N) is 1. The molecule has 2 rings (SSSR count). The van der Waals surface area contributed by atoms with Gasteiger partial charge in [-0.25, -0.2) is 4.79 Å². The molecule has 0 bridgehead atoms. The smallest absolute Gasteiger partial charge is 0.410 e. The van der Waals surface area contributed by atoms with Crippen molar-refractivity contribution in [2.24, 2.45) is 5.41 Å². The zero-order valence-electron chi connectivity index (χ0n) is 18.3. The predicted octanol–water partition coefficient (Wildman–Crippen LogP) is 3.80. The van der Waals surface area contributed by atoms with Crippen molar-refractivity contribution in [3.8, 4) is 0 Å². The molecule has 0 aliphatic carbocycles. The Kier molecular flexibility index (Phi) is 6.93. The number of benzene rings is 1. The summed E-state index contributed by atoms with van der Waals surface area (Å²) in [6.07, 6.45) is 1.33. The van der Waals surface area contributed by atoms with E-state index in [0.717, 1.165) is 12.8 Å². The van der Waals surface area contributed by atoms with Gasteiger partial charge in [0.05, 0.1) is 17.3 Å². The van der Waals surface area contributed by atoms with Gasteiger partial charge in [0.15, 0.2) is 0 Å². The lowest BCUT2D eigenvalue weighted by Gasteiger charge is -2.28. The van der Waals surface area contributed by atoms with Gasteiger partial charge in [-0.05, 0) is 45.7 Å². The van der Waals surface area contributed by atoms with Gasteiger partial charge in [0.1, 0.15) is 5.60 Å². The fourth-order valence-electron chi connectivity index (χ4n) is 3.01. The first-order chi connectivity index (χ1) is 13.4. The third-order valence-electron chi connectivity index (χ3n) is 4.60. The van der Waals surface area contributed by atoms with E-state index in [2.05, 4.69) is 10.6 Å². The molecule has 160 valence electrons. The number of anilines is 1. The van der Waals surface area contributed by atoms with Crippen LogP contribution in [0.25, 0.3) is 0 Å². The maximum atomic E-state index is 12.8. The molecular formula is C22H33N3O4. The van der Waals surface area contributed by atoms with E-state index in [4.69, 9.17) is 4.74 Å². The minimum absolute atomic E-state index is 0.106. The molecule has 1 fully saturated rings. The fraction of sp³-hybridized carbons (Fsp3) is 0.591. The fourth-order valence-corrected chi connectivity index (χ4v) is 3.01. The Bertz CT molecular complexity index is 762. The van der Waals surface area contributed by atoms with E-state index >= 15 is 0 Å². The number of hydrogen-bond donors (Lipinski definition) is 2. The van der Waals surface area contributed by atoms with Crippen molar-refractivity contribution in [3.05, 3.63) is 29.8 Å². The van der Waals surface area contributed by atoms with E-state index in [1.807, 2.05) is 41.5 Å².